The maximum atomic E-state index is 11.9. The Morgan fingerprint density at radius 3 is 2.59 bits per heavy atom. The zero-order valence-corrected chi connectivity index (χ0v) is 11.1. The van der Waals surface area contributed by atoms with Crippen molar-refractivity contribution in [3.63, 3.8) is 0 Å². The summed E-state index contributed by atoms with van der Waals surface area (Å²) in [4.78, 5) is 12.5. The van der Waals surface area contributed by atoms with Gasteiger partial charge in [0.1, 0.15) is 10.6 Å². The maximum absolute atomic E-state index is 11.9. The molecule has 88 valence electrons. The fourth-order valence-corrected chi connectivity index (χ4v) is 2.48. The maximum Gasteiger partial charge on any atom is 0.353 e. The second-order valence-corrected chi connectivity index (χ2v) is 5.08. The minimum Gasteiger partial charge on any atom is -0.422 e. The molecular weight excluding hydrogens is 256 g/mol. The van der Waals surface area contributed by atoms with E-state index < -0.39 is 0 Å². The molecule has 2 aromatic rings. The minimum absolute atomic E-state index is 0.317. The number of halogens is 1. The molecule has 1 aromatic heterocycles. The van der Waals surface area contributed by atoms with Gasteiger partial charge in [-0.1, -0.05) is 11.6 Å². The second kappa shape index (κ2) is 4.90. The van der Waals surface area contributed by atoms with Crippen LogP contribution in [0.5, 0.6) is 5.75 Å². The fraction of sp³-hybridized carbons (Fsp3) is 0.154. The van der Waals surface area contributed by atoms with E-state index in [1.54, 1.807) is 18.2 Å². The van der Waals surface area contributed by atoms with E-state index in [1.165, 1.54) is 11.3 Å². The molecule has 0 N–H and O–H groups in total. The molecule has 1 aromatic carbocycles. The van der Waals surface area contributed by atoms with Crippen molar-refractivity contribution in [1.82, 2.24) is 0 Å². The van der Waals surface area contributed by atoms with Crippen molar-refractivity contribution in [1.29, 1.82) is 0 Å². The topological polar surface area (TPSA) is 26.3 Å². The molecule has 0 spiro atoms. The molecule has 4 heteroatoms. The first-order chi connectivity index (χ1) is 8.08. The van der Waals surface area contributed by atoms with Gasteiger partial charge >= 0.3 is 5.97 Å². The van der Waals surface area contributed by atoms with Gasteiger partial charge in [0.05, 0.1) is 0 Å². The largest absolute Gasteiger partial charge is 0.422 e. The molecule has 0 aliphatic heterocycles. The van der Waals surface area contributed by atoms with Gasteiger partial charge in [0.25, 0.3) is 0 Å². The molecule has 0 atom stereocenters. The average Bonchev–Trinajstić information content (AvgIpc) is 2.68. The van der Waals surface area contributed by atoms with Crippen LogP contribution in [0.4, 0.5) is 0 Å². The molecule has 0 saturated heterocycles. The number of hydrogen-bond acceptors (Lipinski definition) is 3. The molecule has 0 saturated carbocycles. The summed E-state index contributed by atoms with van der Waals surface area (Å²) in [5.41, 5.74) is 1.78. The number of benzene rings is 1. The van der Waals surface area contributed by atoms with Crippen molar-refractivity contribution in [2.75, 3.05) is 0 Å². The van der Waals surface area contributed by atoms with Gasteiger partial charge in [0, 0.05) is 5.02 Å². The minimum atomic E-state index is -0.317. The lowest BCUT2D eigenvalue weighted by Crippen LogP contribution is -2.08. The highest BCUT2D eigenvalue weighted by Crippen LogP contribution is 2.24. The molecule has 17 heavy (non-hydrogen) atoms. The van der Waals surface area contributed by atoms with Gasteiger partial charge in [-0.25, -0.2) is 4.79 Å². The van der Waals surface area contributed by atoms with Crippen molar-refractivity contribution in [3.8, 4) is 5.75 Å². The Balaban J connectivity index is 2.22. The van der Waals surface area contributed by atoms with Gasteiger partial charge in [-0.15, -0.1) is 11.3 Å². The van der Waals surface area contributed by atoms with E-state index in [4.69, 9.17) is 16.3 Å². The van der Waals surface area contributed by atoms with Crippen LogP contribution < -0.4 is 4.74 Å². The Labute approximate surface area is 109 Å². The van der Waals surface area contributed by atoms with Gasteiger partial charge < -0.3 is 4.74 Å². The van der Waals surface area contributed by atoms with E-state index in [1.807, 2.05) is 25.3 Å². The zero-order valence-electron chi connectivity index (χ0n) is 9.49. The number of ether oxygens (including phenoxy) is 1. The Bertz CT molecular complexity index is 560. The molecule has 0 aliphatic rings. The molecule has 2 nitrogen and oxygen atoms in total. The number of aryl methyl sites for hydroxylation is 2. The molecular formula is C13H11ClO2S. The van der Waals surface area contributed by atoms with Crippen LogP contribution in [0.1, 0.15) is 20.8 Å². The van der Waals surface area contributed by atoms with Crippen LogP contribution in [-0.2, 0) is 0 Å². The van der Waals surface area contributed by atoms with Gasteiger partial charge in [-0.2, -0.15) is 0 Å². The number of carbonyl (C=O) groups excluding carboxylic acids is 1. The number of esters is 1. The van der Waals surface area contributed by atoms with Gasteiger partial charge in [-0.05, 0) is 54.6 Å². The van der Waals surface area contributed by atoms with E-state index in [2.05, 4.69) is 0 Å². The molecule has 1 heterocycles. The monoisotopic (exact) mass is 266 g/mol. The van der Waals surface area contributed by atoms with E-state index in [0.717, 1.165) is 11.1 Å². The van der Waals surface area contributed by atoms with E-state index in [9.17, 15) is 4.79 Å². The van der Waals surface area contributed by atoms with Gasteiger partial charge in [0.2, 0.25) is 0 Å². The summed E-state index contributed by atoms with van der Waals surface area (Å²) >= 11 is 7.23. The third-order valence-electron chi connectivity index (χ3n) is 2.39. The summed E-state index contributed by atoms with van der Waals surface area (Å²) in [5.74, 6) is 0.232. The normalized spacial score (nSPS) is 10.3. The van der Waals surface area contributed by atoms with Crippen molar-refractivity contribution in [2.24, 2.45) is 0 Å². The summed E-state index contributed by atoms with van der Waals surface area (Å²) in [7, 11) is 0. The number of rotatable bonds is 2. The number of thiophene rings is 1. The van der Waals surface area contributed by atoms with Crippen molar-refractivity contribution in [2.45, 2.75) is 13.8 Å². The van der Waals surface area contributed by atoms with Crippen LogP contribution in [0.2, 0.25) is 5.02 Å². The van der Waals surface area contributed by atoms with E-state index in [-0.39, 0.29) is 5.97 Å². The third kappa shape index (κ3) is 2.68. The number of hydrogen-bond donors (Lipinski definition) is 0. The Kier molecular flexibility index (Phi) is 3.50. The Morgan fingerprint density at radius 2 is 2.00 bits per heavy atom. The molecule has 0 amide bonds. The summed E-state index contributed by atoms with van der Waals surface area (Å²) < 4.78 is 5.34. The predicted molar refractivity (Wildman–Crippen MR) is 70.2 cm³/mol. The highest BCUT2D eigenvalue weighted by Gasteiger charge is 2.14. The molecule has 0 fully saturated rings. The molecule has 0 unspecified atom stereocenters. The highest BCUT2D eigenvalue weighted by molar-refractivity contribution is 7.12. The lowest BCUT2D eigenvalue weighted by atomic mass is 10.2. The summed E-state index contributed by atoms with van der Waals surface area (Å²) in [6, 6.07) is 7.08. The summed E-state index contributed by atoms with van der Waals surface area (Å²) in [6.07, 6.45) is 0. The van der Waals surface area contributed by atoms with Gasteiger partial charge in [0.15, 0.2) is 0 Å². The average molecular weight is 267 g/mol. The first-order valence-corrected chi connectivity index (χ1v) is 6.36. The summed E-state index contributed by atoms with van der Waals surface area (Å²) in [5, 5.41) is 2.51. The van der Waals surface area contributed by atoms with Crippen LogP contribution in [-0.4, -0.2) is 5.97 Å². The van der Waals surface area contributed by atoms with E-state index in [0.29, 0.717) is 15.6 Å². The lowest BCUT2D eigenvalue weighted by molar-refractivity contribution is 0.0738. The van der Waals surface area contributed by atoms with E-state index >= 15 is 0 Å². The highest BCUT2D eigenvalue weighted by atomic mass is 35.5. The van der Waals surface area contributed by atoms with Crippen molar-refractivity contribution >= 4 is 28.9 Å². The molecule has 0 bridgehead atoms. The van der Waals surface area contributed by atoms with Gasteiger partial charge in [-0.3, -0.25) is 0 Å². The first-order valence-electron chi connectivity index (χ1n) is 5.10. The first kappa shape index (κ1) is 12.1. The van der Waals surface area contributed by atoms with Crippen LogP contribution in [0, 0.1) is 13.8 Å². The quantitative estimate of drug-likeness (QED) is 0.600. The number of carbonyl (C=O) groups is 1. The van der Waals surface area contributed by atoms with Crippen LogP contribution in [0.25, 0.3) is 0 Å². The fourth-order valence-electron chi connectivity index (χ4n) is 1.46. The van der Waals surface area contributed by atoms with Crippen molar-refractivity contribution in [3.05, 3.63) is 50.7 Å². The third-order valence-corrected chi connectivity index (χ3v) is 3.62. The Morgan fingerprint density at radius 1 is 1.24 bits per heavy atom. The molecule has 0 radical (unpaired) electrons. The molecule has 0 aliphatic carbocycles. The molecule has 2 rings (SSSR count). The summed E-state index contributed by atoms with van der Waals surface area (Å²) in [6.45, 7) is 3.75. The predicted octanol–water partition coefficient (Wildman–Crippen LogP) is 4.24. The van der Waals surface area contributed by atoms with Crippen molar-refractivity contribution < 1.29 is 9.53 Å². The SMILES string of the molecule is Cc1cc(Cl)ccc1OC(=O)c1sccc1C. The smallest absolute Gasteiger partial charge is 0.353 e. The lowest BCUT2D eigenvalue weighted by Gasteiger charge is -2.06. The Hall–Kier alpha value is -1.32. The van der Waals surface area contributed by atoms with Crippen LogP contribution >= 0.6 is 22.9 Å². The standard InChI is InChI=1S/C13H11ClO2S/c1-8-5-6-17-12(8)13(15)16-11-4-3-10(14)7-9(11)2/h3-7H,1-2H3. The zero-order chi connectivity index (χ0) is 12.4. The van der Waals surface area contributed by atoms with Crippen LogP contribution in [0.3, 0.4) is 0 Å². The second-order valence-electron chi connectivity index (χ2n) is 3.73. The van der Waals surface area contributed by atoms with Crippen LogP contribution in [0.15, 0.2) is 29.6 Å².